The first-order valence-corrected chi connectivity index (χ1v) is 6.43. The van der Waals surface area contributed by atoms with Crippen molar-refractivity contribution in [1.82, 2.24) is 0 Å². The molecule has 1 heterocycles. The highest BCUT2D eigenvalue weighted by atomic mass is 35.5. The number of hydrogen-bond acceptors (Lipinski definition) is 2. The lowest BCUT2D eigenvalue weighted by molar-refractivity contribution is 0.101. The number of ketones is 1. The standard InChI is InChI=1S/C16H10ClFO2/c1-9-7-11(18)5-6-12(9)15(19)14-8-10-3-2-4-13(17)16(10)20-14/h2-8H,1H3. The van der Waals surface area contributed by atoms with E-state index < -0.39 is 0 Å². The number of furan rings is 1. The molecular weight excluding hydrogens is 279 g/mol. The van der Waals surface area contributed by atoms with E-state index in [0.717, 1.165) is 5.39 Å². The van der Waals surface area contributed by atoms with Crippen molar-refractivity contribution in [3.8, 4) is 0 Å². The van der Waals surface area contributed by atoms with Crippen molar-refractivity contribution in [3.63, 3.8) is 0 Å². The van der Waals surface area contributed by atoms with Crippen LogP contribution in [-0.2, 0) is 0 Å². The Labute approximate surface area is 119 Å². The fourth-order valence-corrected chi connectivity index (χ4v) is 2.37. The van der Waals surface area contributed by atoms with E-state index in [1.807, 2.05) is 6.07 Å². The minimum absolute atomic E-state index is 0.197. The molecule has 3 aromatic rings. The van der Waals surface area contributed by atoms with Gasteiger partial charge in [-0.2, -0.15) is 0 Å². The highest BCUT2D eigenvalue weighted by molar-refractivity contribution is 6.35. The van der Waals surface area contributed by atoms with Crippen LogP contribution in [0.25, 0.3) is 11.0 Å². The van der Waals surface area contributed by atoms with E-state index >= 15 is 0 Å². The quantitative estimate of drug-likeness (QED) is 0.636. The van der Waals surface area contributed by atoms with E-state index in [2.05, 4.69) is 0 Å². The second kappa shape index (κ2) is 4.76. The molecular formula is C16H10ClFO2. The second-order valence-corrected chi connectivity index (χ2v) is 4.96. The normalized spacial score (nSPS) is 10.9. The molecule has 0 amide bonds. The minimum atomic E-state index is -0.369. The zero-order valence-electron chi connectivity index (χ0n) is 10.6. The Kier molecular flexibility index (Phi) is 3.07. The zero-order valence-corrected chi connectivity index (χ0v) is 11.4. The largest absolute Gasteiger partial charge is 0.451 e. The van der Waals surface area contributed by atoms with Gasteiger partial charge in [-0.15, -0.1) is 0 Å². The number of benzene rings is 2. The highest BCUT2D eigenvalue weighted by Gasteiger charge is 2.17. The summed E-state index contributed by atoms with van der Waals surface area (Å²) < 4.78 is 18.6. The summed E-state index contributed by atoms with van der Waals surface area (Å²) in [5.41, 5.74) is 1.47. The number of carbonyl (C=O) groups excluding carboxylic acids is 1. The predicted molar refractivity (Wildman–Crippen MR) is 75.8 cm³/mol. The van der Waals surface area contributed by atoms with E-state index in [-0.39, 0.29) is 17.4 Å². The smallest absolute Gasteiger partial charge is 0.228 e. The van der Waals surface area contributed by atoms with Crippen molar-refractivity contribution in [2.24, 2.45) is 0 Å². The van der Waals surface area contributed by atoms with Crippen molar-refractivity contribution >= 4 is 28.4 Å². The third kappa shape index (κ3) is 2.10. The number of fused-ring (bicyclic) bond motifs is 1. The van der Waals surface area contributed by atoms with E-state index in [1.165, 1.54) is 18.2 Å². The van der Waals surface area contributed by atoms with Crippen LogP contribution in [0.15, 0.2) is 46.9 Å². The molecule has 0 atom stereocenters. The van der Waals surface area contributed by atoms with Crippen molar-refractivity contribution < 1.29 is 13.6 Å². The SMILES string of the molecule is Cc1cc(F)ccc1C(=O)c1cc2cccc(Cl)c2o1. The van der Waals surface area contributed by atoms with Crippen LogP contribution in [0.4, 0.5) is 4.39 Å². The Bertz CT molecular complexity index is 820. The third-order valence-electron chi connectivity index (χ3n) is 3.15. The van der Waals surface area contributed by atoms with Crippen LogP contribution in [-0.4, -0.2) is 5.78 Å². The van der Waals surface area contributed by atoms with Gasteiger partial charge in [0.05, 0.1) is 5.02 Å². The molecule has 0 N–H and O–H groups in total. The summed E-state index contributed by atoms with van der Waals surface area (Å²) in [5, 5.41) is 1.22. The van der Waals surface area contributed by atoms with E-state index in [4.69, 9.17) is 16.0 Å². The summed E-state index contributed by atoms with van der Waals surface area (Å²) in [6.07, 6.45) is 0. The summed E-state index contributed by atoms with van der Waals surface area (Å²) in [4.78, 5) is 12.4. The number of rotatable bonds is 2. The van der Waals surface area contributed by atoms with Crippen LogP contribution in [0.3, 0.4) is 0 Å². The lowest BCUT2D eigenvalue weighted by atomic mass is 10.0. The summed E-state index contributed by atoms with van der Waals surface area (Å²) >= 11 is 6.02. The van der Waals surface area contributed by atoms with Crippen LogP contribution in [0.5, 0.6) is 0 Å². The lowest BCUT2D eigenvalue weighted by Gasteiger charge is -2.02. The average Bonchev–Trinajstić information content (AvgIpc) is 2.83. The van der Waals surface area contributed by atoms with E-state index in [9.17, 15) is 9.18 Å². The van der Waals surface area contributed by atoms with Gasteiger partial charge in [-0.25, -0.2) is 4.39 Å². The topological polar surface area (TPSA) is 30.2 Å². The molecule has 0 saturated carbocycles. The molecule has 2 aromatic carbocycles. The van der Waals surface area contributed by atoms with Crippen molar-refractivity contribution in [2.45, 2.75) is 6.92 Å². The number of carbonyl (C=O) groups is 1. The average molecular weight is 289 g/mol. The molecule has 0 unspecified atom stereocenters. The Balaban J connectivity index is 2.10. The van der Waals surface area contributed by atoms with Gasteiger partial charge < -0.3 is 4.42 Å². The first-order valence-electron chi connectivity index (χ1n) is 6.05. The Hall–Kier alpha value is -2.13. The molecule has 0 spiro atoms. The van der Waals surface area contributed by atoms with Gasteiger partial charge in [0.25, 0.3) is 0 Å². The van der Waals surface area contributed by atoms with Crippen LogP contribution in [0.2, 0.25) is 5.02 Å². The van der Waals surface area contributed by atoms with Crippen molar-refractivity contribution in [3.05, 3.63) is 70.2 Å². The zero-order chi connectivity index (χ0) is 14.3. The number of halogens is 2. The molecule has 1 aromatic heterocycles. The molecule has 4 heteroatoms. The van der Waals surface area contributed by atoms with Gasteiger partial charge in [0.15, 0.2) is 11.3 Å². The maximum Gasteiger partial charge on any atom is 0.228 e. The van der Waals surface area contributed by atoms with Crippen molar-refractivity contribution in [2.75, 3.05) is 0 Å². The van der Waals surface area contributed by atoms with Crippen LogP contribution in [0.1, 0.15) is 21.7 Å². The Morgan fingerprint density at radius 1 is 1.20 bits per heavy atom. The van der Waals surface area contributed by atoms with Crippen LogP contribution < -0.4 is 0 Å². The van der Waals surface area contributed by atoms with Crippen LogP contribution in [0, 0.1) is 12.7 Å². The Morgan fingerprint density at radius 2 is 2.00 bits per heavy atom. The maximum atomic E-state index is 13.1. The monoisotopic (exact) mass is 288 g/mol. The van der Waals surface area contributed by atoms with Gasteiger partial charge in [-0.05, 0) is 42.8 Å². The van der Waals surface area contributed by atoms with Crippen LogP contribution >= 0.6 is 11.6 Å². The summed E-state index contributed by atoms with van der Waals surface area (Å²) in [5.74, 6) is -0.454. The second-order valence-electron chi connectivity index (χ2n) is 4.56. The number of para-hydroxylation sites is 1. The molecule has 2 nitrogen and oxygen atoms in total. The minimum Gasteiger partial charge on any atom is -0.451 e. The van der Waals surface area contributed by atoms with Crippen molar-refractivity contribution in [1.29, 1.82) is 0 Å². The number of aryl methyl sites for hydroxylation is 1. The fraction of sp³-hybridized carbons (Fsp3) is 0.0625. The molecule has 3 rings (SSSR count). The molecule has 100 valence electrons. The Morgan fingerprint density at radius 3 is 2.70 bits per heavy atom. The first-order chi connectivity index (χ1) is 9.56. The van der Waals surface area contributed by atoms with Gasteiger partial charge in [-0.1, -0.05) is 23.7 Å². The number of hydrogen-bond donors (Lipinski definition) is 0. The molecule has 0 saturated heterocycles. The fourth-order valence-electron chi connectivity index (χ4n) is 2.15. The molecule has 0 radical (unpaired) electrons. The summed E-state index contributed by atoms with van der Waals surface area (Å²) in [6, 6.07) is 11.0. The molecule has 0 aliphatic heterocycles. The van der Waals surface area contributed by atoms with Gasteiger partial charge >= 0.3 is 0 Å². The molecule has 20 heavy (non-hydrogen) atoms. The summed E-state index contributed by atoms with van der Waals surface area (Å²) in [7, 11) is 0. The predicted octanol–water partition coefficient (Wildman–Crippen LogP) is 4.76. The third-order valence-corrected chi connectivity index (χ3v) is 3.45. The molecule has 0 aliphatic rings. The maximum absolute atomic E-state index is 13.1. The van der Waals surface area contributed by atoms with Gasteiger partial charge in [0.2, 0.25) is 5.78 Å². The molecule has 0 fully saturated rings. The highest BCUT2D eigenvalue weighted by Crippen LogP contribution is 2.28. The van der Waals surface area contributed by atoms with E-state index in [0.29, 0.717) is 21.7 Å². The first kappa shape index (κ1) is 12.9. The van der Waals surface area contributed by atoms with Gasteiger partial charge in [0.1, 0.15) is 5.82 Å². The summed E-state index contributed by atoms with van der Waals surface area (Å²) in [6.45, 7) is 1.69. The molecule has 0 bridgehead atoms. The molecule has 0 aliphatic carbocycles. The lowest BCUT2D eigenvalue weighted by Crippen LogP contribution is -2.02. The van der Waals surface area contributed by atoms with E-state index in [1.54, 1.807) is 25.1 Å². The van der Waals surface area contributed by atoms with Gasteiger partial charge in [0, 0.05) is 10.9 Å². The van der Waals surface area contributed by atoms with Gasteiger partial charge in [-0.3, -0.25) is 4.79 Å².